The SMILES string of the molecule is CCn1ccc(NC2CCC3(CC2)OCCO3)n1. The Morgan fingerprint density at radius 3 is 2.72 bits per heavy atom. The number of aromatic nitrogens is 2. The van der Waals surface area contributed by atoms with Crippen molar-refractivity contribution in [1.29, 1.82) is 0 Å². The molecule has 0 radical (unpaired) electrons. The lowest BCUT2D eigenvalue weighted by molar-refractivity contribution is -0.177. The number of anilines is 1. The molecule has 1 N–H and O–H groups in total. The van der Waals surface area contributed by atoms with Crippen LogP contribution < -0.4 is 5.32 Å². The van der Waals surface area contributed by atoms with Gasteiger partial charge in [-0.05, 0) is 19.8 Å². The summed E-state index contributed by atoms with van der Waals surface area (Å²) in [5.74, 6) is 0.715. The van der Waals surface area contributed by atoms with Gasteiger partial charge in [-0.3, -0.25) is 4.68 Å². The normalized spacial score (nSPS) is 23.6. The minimum atomic E-state index is -0.263. The van der Waals surface area contributed by atoms with Gasteiger partial charge in [-0.1, -0.05) is 0 Å². The number of hydrogen-bond donors (Lipinski definition) is 1. The Morgan fingerprint density at radius 2 is 2.11 bits per heavy atom. The van der Waals surface area contributed by atoms with Crippen LogP contribution in [-0.4, -0.2) is 34.8 Å². The number of ether oxygens (including phenoxy) is 2. The maximum atomic E-state index is 5.73. The van der Waals surface area contributed by atoms with E-state index in [1.807, 2.05) is 16.9 Å². The van der Waals surface area contributed by atoms with Gasteiger partial charge in [-0.25, -0.2) is 0 Å². The molecule has 0 amide bonds. The maximum absolute atomic E-state index is 5.73. The topological polar surface area (TPSA) is 48.3 Å². The highest BCUT2D eigenvalue weighted by Gasteiger charge is 2.40. The van der Waals surface area contributed by atoms with Crippen LogP contribution in [-0.2, 0) is 16.0 Å². The van der Waals surface area contributed by atoms with Crippen LogP contribution in [0.3, 0.4) is 0 Å². The van der Waals surface area contributed by atoms with Crippen molar-refractivity contribution in [2.24, 2.45) is 0 Å². The van der Waals surface area contributed by atoms with E-state index in [2.05, 4.69) is 17.3 Å². The van der Waals surface area contributed by atoms with E-state index in [4.69, 9.17) is 9.47 Å². The Bertz CT molecular complexity index is 389. The van der Waals surface area contributed by atoms with Gasteiger partial charge < -0.3 is 14.8 Å². The third kappa shape index (κ3) is 2.37. The van der Waals surface area contributed by atoms with Gasteiger partial charge in [0, 0.05) is 37.7 Å². The average molecular weight is 251 g/mol. The lowest BCUT2D eigenvalue weighted by Gasteiger charge is -2.35. The number of aryl methyl sites for hydroxylation is 1. The first kappa shape index (κ1) is 12.0. The van der Waals surface area contributed by atoms with Gasteiger partial charge in [0.15, 0.2) is 5.79 Å². The van der Waals surface area contributed by atoms with E-state index >= 15 is 0 Å². The van der Waals surface area contributed by atoms with Gasteiger partial charge in [0.25, 0.3) is 0 Å². The molecule has 1 aromatic heterocycles. The Labute approximate surface area is 107 Å². The van der Waals surface area contributed by atoms with Crippen molar-refractivity contribution in [3.8, 4) is 0 Å². The van der Waals surface area contributed by atoms with Crippen molar-refractivity contribution in [2.75, 3.05) is 18.5 Å². The number of hydrogen-bond acceptors (Lipinski definition) is 4. The van der Waals surface area contributed by atoms with Crippen molar-refractivity contribution in [3.05, 3.63) is 12.3 Å². The summed E-state index contributed by atoms with van der Waals surface area (Å²) in [5, 5.41) is 7.95. The Hall–Kier alpha value is -1.07. The second-order valence-electron chi connectivity index (χ2n) is 5.08. The highest BCUT2D eigenvalue weighted by atomic mass is 16.7. The van der Waals surface area contributed by atoms with Crippen molar-refractivity contribution in [2.45, 2.75) is 51.0 Å². The first-order chi connectivity index (χ1) is 8.80. The molecule has 5 nitrogen and oxygen atoms in total. The molecule has 2 heterocycles. The molecule has 0 bridgehead atoms. The molecule has 18 heavy (non-hydrogen) atoms. The summed E-state index contributed by atoms with van der Waals surface area (Å²) in [6.45, 7) is 4.51. The Morgan fingerprint density at radius 1 is 1.39 bits per heavy atom. The van der Waals surface area contributed by atoms with Gasteiger partial charge >= 0.3 is 0 Å². The lowest BCUT2D eigenvalue weighted by Crippen LogP contribution is -2.39. The fourth-order valence-electron chi connectivity index (χ4n) is 2.81. The van der Waals surface area contributed by atoms with E-state index < -0.39 is 0 Å². The Kier molecular flexibility index (Phi) is 3.26. The average Bonchev–Trinajstić information content (AvgIpc) is 3.02. The van der Waals surface area contributed by atoms with Crippen LogP contribution in [0.15, 0.2) is 12.3 Å². The van der Waals surface area contributed by atoms with Crippen LogP contribution in [0.4, 0.5) is 5.82 Å². The van der Waals surface area contributed by atoms with Gasteiger partial charge in [-0.2, -0.15) is 5.10 Å². The fourth-order valence-corrected chi connectivity index (χ4v) is 2.81. The Balaban J connectivity index is 1.53. The lowest BCUT2D eigenvalue weighted by atomic mass is 9.90. The van der Waals surface area contributed by atoms with Crippen LogP contribution >= 0.6 is 0 Å². The van der Waals surface area contributed by atoms with Crippen molar-refractivity contribution < 1.29 is 9.47 Å². The summed E-state index contributed by atoms with van der Waals surface area (Å²) < 4.78 is 13.4. The van der Waals surface area contributed by atoms with E-state index in [0.717, 1.165) is 51.3 Å². The second-order valence-corrected chi connectivity index (χ2v) is 5.08. The summed E-state index contributed by atoms with van der Waals surface area (Å²) >= 11 is 0. The highest BCUT2D eigenvalue weighted by molar-refractivity contribution is 5.33. The molecule has 2 aliphatic rings. The van der Waals surface area contributed by atoms with E-state index in [1.165, 1.54) is 0 Å². The summed E-state index contributed by atoms with van der Waals surface area (Å²) in [4.78, 5) is 0. The molecule has 1 aliphatic carbocycles. The van der Waals surface area contributed by atoms with Gasteiger partial charge in [-0.15, -0.1) is 0 Å². The molecule has 5 heteroatoms. The van der Waals surface area contributed by atoms with E-state index in [9.17, 15) is 0 Å². The molecular formula is C13H21N3O2. The molecule has 1 aromatic rings. The quantitative estimate of drug-likeness (QED) is 0.892. The molecule has 1 saturated heterocycles. The predicted molar refractivity (Wildman–Crippen MR) is 68.4 cm³/mol. The van der Waals surface area contributed by atoms with Crippen LogP contribution in [0.5, 0.6) is 0 Å². The van der Waals surface area contributed by atoms with Crippen LogP contribution in [0.25, 0.3) is 0 Å². The maximum Gasteiger partial charge on any atom is 0.168 e. The largest absolute Gasteiger partial charge is 0.366 e. The van der Waals surface area contributed by atoms with Gasteiger partial charge in [0.2, 0.25) is 0 Å². The molecule has 0 aromatic carbocycles. The number of nitrogens with zero attached hydrogens (tertiary/aromatic N) is 2. The van der Waals surface area contributed by atoms with Gasteiger partial charge in [0.1, 0.15) is 5.82 Å². The summed E-state index contributed by atoms with van der Waals surface area (Å²) in [6, 6.07) is 2.53. The minimum absolute atomic E-state index is 0.263. The van der Waals surface area contributed by atoms with Crippen molar-refractivity contribution >= 4 is 5.82 Å². The standard InChI is InChI=1S/C13H21N3O2/c1-2-16-8-5-12(15-16)14-11-3-6-13(7-4-11)17-9-10-18-13/h5,8,11H,2-4,6-7,9-10H2,1H3,(H,14,15). The zero-order valence-corrected chi connectivity index (χ0v) is 10.9. The van der Waals surface area contributed by atoms with Crippen LogP contribution in [0, 0.1) is 0 Å². The van der Waals surface area contributed by atoms with Crippen molar-refractivity contribution in [1.82, 2.24) is 9.78 Å². The molecule has 0 unspecified atom stereocenters. The first-order valence-electron chi connectivity index (χ1n) is 6.88. The van der Waals surface area contributed by atoms with Gasteiger partial charge in [0.05, 0.1) is 13.2 Å². The van der Waals surface area contributed by atoms with Crippen LogP contribution in [0.1, 0.15) is 32.6 Å². The van der Waals surface area contributed by atoms with E-state index in [0.29, 0.717) is 6.04 Å². The molecule has 3 rings (SSSR count). The monoisotopic (exact) mass is 251 g/mol. The summed E-state index contributed by atoms with van der Waals surface area (Å²) in [7, 11) is 0. The molecular weight excluding hydrogens is 230 g/mol. The predicted octanol–water partition coefficient (Wildman–Crippen LogP) is 2.00. The molecule has 0 atom stereocenters. The number of nitrogens with one attached hydrogen (secondary N) is 1. The summed E-state index contributed by atoms with van der Waals surface area (Å²) in [5.41, 5.74) is 0. The molecule has 1 saturated carbocycles. The second kappa shape index (κ2) is 4.90. The highest BCUT2D eigenvalue weighted by Crippen LogP contribution is 2.36. The first-order valence-corrected chi connectivity index (χ1v) is 6.88. The smallest absolute Gasteiger partial charge is 0.168 e. The van der Waals surface area contributed by atoms with Crippen LogP contribution in [0.2, 0.25) is 0 Å². The third-order valence-electron chi connectivity index (χ3n) is 3.88. The minimum Gasteiger partial charge on any atom is -0.366 e. The van der Waals surface area contributed by atoms with E-state index in [-0.39, 0.29) is 5.79 Å². The molecule has 2 fully saturated rings. The zero-order chi connectivity index (χ0) is 12.4. The molecule has 100 valence electrons. The molecule has 1 aliphatic heterocycles. The fraction of sp³-hybridized carbons (Fsp3) is 0.769. The zero-order valence-electron chi connectivity index (χ0n) is 10.9. The molecule has 1 spiro atoms. The third-order valence-corrected chi connectivity index (χ3v) is 3.88. The van der Waals surface area contributed by atoms with Crippen molar-refractivity contribution in [3.63, 3.8) is 0 Å². The summed E-state index contributed by atoms with van der Waals surface area (Å²) in [6.07, 6.45) is 6.14. The van der Waals surface area contributed by atoms with E-state index in [1.54, 1.807) is 0 Å². The number of rotatable bonds is 3.